The summed E-state index contributed by atoms with van der Waals surface area (Å²) in [5.74, 6) is -0.737. The number of carbonyl (C=O) groups is 1. The number of rotatable bonds is 2. The van der Waals surface area contributed by atoms with E-state index in [9.17, 15) is 9.90 Å². The average molecular weight is 271 g/mol. The molecule has 0 fully saturated rings. The van der Waals surface area contributed by atoms with Crippen molar-refractivity contribution >= 4 is 27.5 Å². The highest BCUT2D eigenvalue weighted by Gasteiger charge is 2.09. The van der Waals surface area contributed by atoms with E-state index in [1.54, 1.807) is 42.5 Å². The molecule has 1 aromatic heterocycles. The third-order valence-electron chi connectivity index (χ3n) is 2.75. The maximum Gasteiger partial charge on any atom is 0.335 e. The first-order valence-corrected chi connectivity index (χ1v) is 6.38. The summed E-state index contributed by atoms with van der Waals surface area (Å²) < 4.78 is 0.836. The molecule has 3 aromatic rings. The minimum atomic E-state index is -0.943. The van der Waals surface area contributed by atoms with E-state index in [1.807, 2.05) is 0 Å². The molecule has 0 aliphatic heterocycles. The summed E-state index contributed by atoms with van der Waals surface area (Å²) in [7, 11) is 0. The van der Waals surface area contributed by atoms with Crippen LogP contribution in [0, 0.1) is 0 Å². The molecule has 0 aliphatic carbocycles. The smallest absolute Gasteiger partial charge is 0.335 e. The van der Waals surface area contributed by atoms with Gasteiger partial charge in [-0.3, -0.25) is 0 Å². The summed E-state index contributed by atoms with van der Waals surface area (Å²) in [6.07, 6.45) is 0. The number of carboxylic acids is 1. The molecular weight excluding hydrogens is 262 g/mol. The van der Waals surface area contributed by atoms with E-state index < -0.39 is 5.97 Å². The van der Waals surface area contributed by atoms with Crippen LogP contribution in [0.25, 0.3) is 20.8 Å². The number of benzene rings is 2. The number of fused-ring (bicyclic) bond motifs is 1. The first kappa shape index (κ1) is 11.7. The number of hydrogen-bond donors (Lipinski definition) is 2. The van der Waals surface area contributed by atoms with Crippen LogP contribution in [0.5, 0.6) is 5.75 Å². The Morgan fingerprint density at radius 2 is 1.84 bits per heavy atom. The van der Waals surface area contributed by atoms with Crippen LogP contribution in [0.3, 0.4) is 0 Å². The predicted octanol–water partition coefficient (Wildman–Crippen LogP) is 3.37. The Balaban J connectivity index is 2.11. The molecule has 0 saturated heterocycles. The summed E-state index contributed by atoms with van der Waals surface area (Å²) in [6, 6.07) is 11.6. The number of nitrogens with zero attached hydrogens (tertiary/aromatic N) is 1. The highest BCUT2D eigenvalue weighted by molar-refractivity contribution is 7.21. The number of aromatic hydroxyl groups is 1. The maximum atomic E-state index is 10.9. The van der Waals surface area contributed by atoms with Gasteiger partial charge < -0.3 is 10.2 Å². The number of thiazole rings is 1. The monoisotopic (exact) mass is 271 g/mol. The van der Waals surface area contributed by atoms with Crippen molar-refractivity contribution in [3.63, 3.8) is 0 Å². The van der Waals surface area contributed by atoms with Gasteiger partial charge in [0.15, 0.2) is 0 Å². The normalized spacial score (nSPS) is 10.7. The van der Waals surface area contributed by atoms with E-state index in [-0.39, 0.29) is 11.3 Å². The molecule has 19 heavy (non-hydrogen) atoms. The molecule has 4 nitrogen and oxygen atoms in total. The van der Waals surface area contributed by atoms with Crippen LogP contribution in [0.4, 0.5) is 0 Å². The van der Waals surface area contributed by atoms with Crippen LogP contribution in [0.1, 0.15) is 10.4 Å². The first-order chi connectivity index (χ1) is 9.13. The summed E-state index contributed by atoms with van der Waals surface area (Å²) in [6.45, 7) is 0. The SMILES string of the molecule is O=C(O)c1ccc2nc(-c3ccc(O)cc3)sc2c1. The minimum absolute atomic E-state index is 0.207. The van der Waals surface area contributed by atoms with Crippen LogP contribution in [0.15, 0.2) is 42.5 Å². The fraction of sp³-hybridized carbons (Fsp3) is 0. The maximum absolute atomic E-state index is 10.9. The Morgan fingerprint density at radius 1 is 1.11 bits per heavy atom. The summed E-state index contributed by atoms with van der Waals surface area (Å²) in [5, 5.41) is 19.0. The van der Waals surface area contributed by atoms with E-state index in [0.29, 0.717) is 0 Å². The number of phenolic OH excluding ortho intramolecular Hbond substituents is 1. The Morgan fingerprint density at radius 3 is 2.53 bits per heavy atom. The van der Waals surface area contributed by atoms with Gasteiger partial charge in [-0.1, -0.05) is 0 Å². The van der Waals surface area contributed by atoms with Crippen LogP contribution >= 0.6 is 11.3 Å². The van der Waals surface area contributed by atoms with E-state index in [2.05, 4.69) is 4.98 Å². The predicted molar refractivity (Wildman–Crippen MR) is 73.7 cm³/mol. The number of aromatic carboxylic acids is 1. The standard InChI is InChI=1S/C14H9NO3S/c16-10-4-1-8(2-5-10)13-15-11-6-3-9(14(17)18)7-12(11)19-13/h1-7,16H,(H,17,18). The highest BCUT2D eigenvalue weighted by atomic mass is 32.1. The van der Waals surface area contributed by atoms with Crippen LogP contribution < -0.4 is 0 Å². The van der Waals surface area contributed by atoms with Gasteiger partial charge in [-0.25, -0.2) is 9.78 Å². The zero-order chi connectivity index (χ0) is 13.4. The Kier molecular flexibility index (Phi) is 2.68. The second-order valence-electron chi connectivity index (χ2n) is 4.05. The van der Waals surface area contributed by atoms with Gasteiger partial charge in [0, 0.05) is 5.56 Å². The molecule has 0 atom stereocenters. The zero-order valence-electron chi connectivity index (χ0n) is 9.70. The van der Waals surface area contributed by atoms with Crippen LogP contribution in [0.2, 0.25) is 0 Å². The third kappa shape index (κ3) is 2.15. The van der Waals surface area contributed by atoms with Gasteiger partial charge in [0.1, 0.15) is 10.8 Å². The molecule has 2 N–H and O–H groups in total. The molecule has 3 rings (SSSR count). The lowest BCUT2D eigenvalue weighted by molar-refractivity contribution is 0.0697. The fourth-order valence-corrected chi connectivity index (χ4v) is 2.80. The van der Waals surface area contributed by atoms with Crippen molar-refractivity contribution in [2.75, 3.05) is 0 Å². The topological polar surface area (TPSA) is 70.4 Å². The van der Waals surface area contributed by atoms with Gasteiger partial charge in [-0.2, -0.15) is 0 Å². The van der Waals surface area contributed by atoms with Crippen molar-refractivity contribution in [3.8, 4) is 16.3 Å². The molecule has 94 valence electrons. The Bertz CT molecular complexity index is 762. The number of carboxylic acid groups (broad SMARTS) is 1. The molecular formula is C14H9NO3S. The molecule has 5 heteroatoms. The Labute approximate surface area is 112 Å². The molecule has 0 bridgehead atoms. The lowest BCUT2D eigenvalue weighted by Gasteiger charge is -1.95. The fourth-order valence-electron chi connectivity index (χ4n) is 1.79. The van der Waals surface area contributed by atoms with Crippen LogP contribution in [-0.2, 0) is 0 Å². The van der Waals surface area contributed by atoms with Crippen molar-refractivity contribution in [1.82, 2.24) is 4.98 Å². The van der Waals surface area contributed by atoms with E-state index in [0.717, 1.165) is 20.8 Å². The van der Waals surface area contributed by atoms with E-state index in [4.69, 9.17) is 5.11 Å². The summed E-state index contributed by atoms with van der Waals surface area (Å²) >= 11 is 1.43. The van der Waals surface area contributed by atoms with Crippen molar-refractivity contribution in [2.24, 2.45) is 0 Å². The largest absolute Gasteiger partial charge is 0.508 e. The lowest BCUT2D eigenvalue weighted by Crippen LogP contribution is -1.94. The lowest BCUT2D eigenvalue weighted by atomic mass is 10.2. The van der Waals surface area contributed by atoms with Gasteiger partial charge >= 0.3 is 5.97 Å². The van der Waals surface area contributed by atoms with Crippen molar-refractivity contribution in [1.29, 1.82) is 0 Å². The van der Waals surface area contributed by atoms with Gasteiger partial charge in [-0.15, -0.1) is 11.3 Å². The van der Waals surface area contributed by atoms with Crippen molar-refractivity contribution < 1.29 is 15.0 Å². The molecule has 0 amide bonds. The molecule has 0 unspecified atom stereocenters. The summed E-state index contributed by atoms with van der Waals surface area (Å²) in [4.78, 5) is 15.4. The zero-order valence-corrected chi connectivity index (χ0v) is 10.5. The van der Waals surface area contributed by atoms with E-state index in [1.165, 1.54) is 11.3 Å². The van der Waals surface area contributed by atoms with Crippen molar-refractivity contribution in [3.05, 3.63) is 48.0 Å². The number of aromatic nitrogens is 1. The third-order valence-corrected chi connectivity index (χ3v) is 3.82. The second-order valence-corrected chi connectivity index (χ2v) is 5.08. The quantitative estimate of drug-likeness (QED) is 0.749. The minimum Gasteiger partial charge on any atom is -0.508 e. The molecule has 0 saturated carbocycles. The van der Waals surface area contributed by atoms with Gasteiger partial charge in [0.05, 0.1) is 15.8 Å². The van der Waals surface area contributed by atoms with Crippen LogP contribution in [-0.4, -0.2) is 21.2 Å². The van der Waals surface area contributed by atoms with Gasteiger partial charge in [-0.05, 0) is 42.5 Å². The Hall–Kier alpha value is -2.40. The highest BCUT2D eigenvalue weighted by Crippen LogP contribution is 2.31. The molecule has 0 radical (unpaired) electrons. The molecule has 0 spiro atoms. The molecule has 2 aromatic carbocycles. The number of phenols is 1. The molecule has 1 heterocycles. The molecule has 0 aliphatic rings. The van der Waals surface area contributed by atoms with E-state index >= 15 is 0 Å². The van der Waals surface area contributed by atoms with Gasteiger partial charge in [0.2, 0.25) is 0 Å². The van der Waals surface area contributed by atoms with Crippen molar-refractivity contribution in [2.45, 2.75) is 0 Å². The number of hydrogen-bond acceptors (Lipinski definition) is 4. The van der Waals surface area contributed by atoms with Gasteiger partial charge in [0.25, 0.3) is 0 Å². The first-order valence-electron chi connectivity index (χ1n) is 5.57. The average Bonchev–Trinajstić information content (AvgIpc) is 2.82. The second kappa shape index (κ2) is 4.37. The summed E-state index contributed by atoms with van der Waals surface area (Å²) in [5.41, 5.74) is 1.93.